The van der Waals surface area contributed by atoms with Crippen molar-refractivity contribution in [1.82, 2.24) is 24.5 Å². The van der Waals surface area contributed by atoms with E-state index in [0.29, 0.717) is 43.5 Å². The molecule has 1 fully saturated rings. The zero-order chi connectivity index (χ0) is 20.7. The minimum absolute atomic E-state index is 0.142. The van der Waals surface area contributed by atoms with E-state index < -0.39 is 5.82 Å². The summed E-state index contributed by atoms with van der Waals surface area (Å²) in [6, 6.07) is 10.3. The summed E-state index contributed by atoms with van der Waals surface area (Å²) >= 11 is 1.64. The summed E-state index contributed by atoms with van der Waals surface area (Å²) in [6.45, 7) is 4.07. The first-order valence-electron chi connectivity index (χ1n) is 9.66. The van der Waals surface area contributed by atoms with Gasteiger partial charge in [0.25, 0.3) is 11.7 Å². The maximum atomic E-state index is 13.6. The number of fused-ring (bicyclic) bond motifs is 1. The zero-order valence-electron chi connectivity index (χ0n) is 16.3. The van der Waals surface area contributed by atoms with Crippen LogP contribution in [0.3, 0.4) is 0 Å². The van der Waals surface area contributed by atoms with E-state index in [1.165, 1.54) is 12.1 Å². The van der Waals surface area contributed by atoms with E-state index in [9.17, 15) is 9.18 Å². The number of piperazine rings is 1. The van der Waals surface area contributed by atoms with Crippen molar-refractivity contribution < 1.29 is 9.18 Å². The lowest BCUT2D eigenvalue weighted by Crippen LogP contribution is -2.49. The van der Waals surface area contributed by atoms with Crippen LogP contribution >= 0.6 is 11.3 Å². The maximum Gasteiger partial charge on any atom is 0.254 e. The van der Waals surface area contributed by atoms with E-state index in [1.54, 1.807) is 33.0 Å². The molecule has 4 aromatic rings. The fourth-order valence-corrected chi connectivity index (χ4v) is 4.37. The number of halogens is 1. The van der Waals surface area contributed by atoms with Gasteiger partial charge in [-0.25, -0.2) is 9.37 Å². The summed E-state index contributed by atoms with van der Waals surface area (Å²) < 4.78 is 15.3. The van der Waals surface area contributed by atoms with Gasteiger partial charge in [-0.3, -0.25) is 4.79 Å². The summed E-state index contributed by atoms with van der Waals surface area (Å²) in [5.74, 6) is 0.604. The number of amides is 1. The first-order chi connectivity index (χ1) is 14.6. The number of benzene rings is 1. The van der Waals surface area contributed by atoms with Crippen molar-refractivity contribution in [3.8, 4) is 10.6 Å². The Morgan fingerprint density at radius 1 is 1.13 bits per heavy atom. The van der Waals surface area contributed by atoms with Crippen LogP contribution in [0.25, 0.3) is 16.3 Å². The van der Waals surface area contributed by atoms with Crippen LogP contribution in [-0.4, -0.2) is 56.6 Å². The number of hydrogen-bond acceptors (Lipinski definition) is 6. The minimum Gasteiger partial charge on any atom is -0.336 e. The average Bonchev–Trinajstić information content (AvgIpc) is 3.45. The first-order valence-corrected chi connectivity index (χ1v) is 10.5. The second-order valence-corrected chi connectivity index (χ2v) is 8.12. The number of aryl methyl sites for hydroxylation is 1. The summed E-state index contributed by atoms with van der Waals surface area (Å²) in [5, 5.41) is 6.69. The highest BCUT2D eigenvalue weighted by Crippen LogP contribution is 2.25. The number of anilines is 1. The van der Waals surface area contributed by atoms with Gasteiger partial charge in [-0.15, -0.1) is 16.4 Å². The Morgan fingerprint density at radius 3 is 2.73 bits per heavy atom. The van der Waals surface area contributed by atoms with E-state index in [2.05, 4.69) is 20.0 Å². The Kier molecular flexibility index (Phi) is 4.66. The average molecular weight is 422 g/mol. The van der Waals surface area contributed by atoms with Crippen molar-refractivity contribution in [1.29, 1.82) is 0 Å². The smallest absolute Gasteiger partial charge is 0.254 e. The summed E-state index contributed by atoms with van der Waals surface area (Å²) in [5.41, 5.74) is 2.14. The molecule has 30 heavy (non-hydrogen) atoms. The van der Waals surface area contributed by atoms with E-state index in [1.807, 2.05) is 30.5 Å². The second kappa shape index (κ2) is 7.49. The van der Waals surface area contributed by atoms with Crippen molar-refractivity contribution >= 4 is 29.0 Å². The number of carbonyl (C=O) groups is 1. The molecular weight excluding hydrogens is 403 g/mol. The first kappa shape index (κ1) is 18.7. The van der Waals surface area contributed by atoms with Crippen molar-refractivity contribution in [2.45, 2.75) is 6.92 Å². The molecule has 9 heteroatoms. The molecule has 152 valence electrons. The normalized spacial score (nSPS) is 14.5. The number of nitrogens with zero attached hydrogens (tertiary/aromatic N) is 6. The van der Waals surface area contributed by atoms with E-state index >= 15 is 0 Å². The van der Waals surface area contributed by atoms with Crippen LogP contribution in [-0.2, 0) is 0 Å². The van der Waals surface area contributed by atoms with E-state index in [0.717, 1.165) is 16.1 Å². The van der Waals surface area contributed by atoms with Gasteiger partial charge in [0.1, 0.15) is 5.82 Å². The second-order valence-electron chi connectivity index (χ2n) is 7.17. The molecule has 0 unspecified atom stereocenters. The quantitative estimate of drug-likeness (QED) is 0.507. The standard InChI is InChI=1S/C21H19FN6OS/c1-14-4-5-15(22)13-16(14)19(29)26-8-10-27(11-9-26)21-24-20-23-7-6-17(28(20)25-21)18-3-2-12-30-18/h2-7,12-13H,8-11H2,1H3. The molecule has 1 amide bonds. The molecule has 0 atom stereocenters. The van der Waals surface area contributed by atoms with Crippen molar-refractivity contribution in [3.63, 3.8) is 0 Å². The predicted molar refractivity (Wildman–Crippen MR) is 113 cm³/mol. The molecule has 1 aliphatic heterocycles. The van der Waals surface area contributed by atoms with Crippen LogP contribution in [0.5, 0.6) is 0 Å². The van der Waals surface area contributed by atoms with Crippen LogP contribution in [0.2, 0.25) is 0 Å². The van der Waals surface area contributed by atoms with Gasteiger partial charge in [-0.1, -0.05) is 12.1 Å². The largest absolute Gasteiger partial charge is 0.336 e. The summed E-state index contributed by atoms with van der Waals surface area (Å²) in [7, 11) is 0. The Hall–Kier alpha value is -3.33. The third kappa shape index (κ3) is 3.30. The molecule has 4 heterocycles. The Balaban J connectivity index is 1.34. The molecule has 0 saturated carbocycles. The molecule has 3 aromatic heterocycles. The maximum absolute atomic E-state index is 13.6. The van der Waals surface area contributed by atoms with Crippen LogP contribution in [0.15, 0.2) is 48.0 Å². The van der Waals surface area contributed by atoms with Gasteiger partial charge in [-0.2, -0.15) is 9.50 Å². The lowest BCUT2D eigenvalue weighted by molar-refractivity contribution is 0.0745. The van der Waals surface area contributed by atoms with Crippen LogP contribution in [0.1, 0.15) is 15.9 Å². The van der Waals surface area contributed by atoms with Crippen LogP contribution < -0.4 is 4.90 Å². The van der Waals surface area contributed by atoms with Gasteiger partial charge >= 0.3 is 0 Å². The molecule has 1 saturated heterocycles. The van der Waals surface area contributed by atoms with Gasteiger partial charge in [0.2, 0.25) is 5.95 Å². The number of carbonyl (C=O) groups excluding carboxylic acids is 1. The fourth-order valence-electron chi connectivity index (χ4n) is 3.63. The van der Waals surface area contributed by atoms with E-state index in [4.69, 9.17) is 0 Å². The van der Waals surface area contributed by atoms with Gasteiger partial charge < -0.3 is 9.80 Å². The zero-order valence-corrected chi connectivity index (χ0v) is 17.1. The summed E-state index contributed by atoms with van der Waals surface area (Å²) in [4.78, 5) is 26.6. The molecule has 0 N–H and O–H groups in total. The lowest BCUT2D eigenvalue weighted by Gasteiger charge is -2.34. The molecule has 0 aliphatic carbocycles. The fraction of sp³-hybridized carbons (Fsp3) is 0.238. The molecule has 1 aliphatic rings. The molecule has 0 radical (unpaired) electrons. The highest BCUT2D eigenvalue weighted by Gasteiger charge is 2.26. The Bertz CT molecular complexity index is 1210. The molecular formula is C21H19FN6OS. The van der Waals surface area contributed by atoms with Gasteiger partial charge in [0.15, 0.2) is 0 Å². The molecule has 0 spiro atoms. The van der Waals surface area contributed by atoms with E-state index in [-0.39, 0.29) is 5.91 Å². The van der Waals surface area contributed by atoms with Gasteiger partial charge in [-0.05, 0) is 42.1 Å². The highest BCUT2D eigenvalue weighted by atomic mass is 32.1. The van der Waals surface area contributed by atoms with Crippen molar-refractivity contribution in [2.24, 2.45) is 0 Å². The Morgan fingerprint density at radius 2 is 1.97 bits per heavy atom. The SMILES string of the molecule is Cc1ccc(F)cc1C(=O)N1CCN(c2nc3nccc(-c4cccs4)n3n2)CC1. The number of thiophene rings is 1. The number of hydrogen-bond donors (Lipinski definition) is 0. The lowest BCUT2D eigenvalue weighted by atomic mass is 10.1. The van der Waals surface area contributed by atoms with Crippen LogP contribution in [0.4, 0.5) is 10.3 Å². The number of aromatic nitrogens is 4. The highest BCUT2D eigenvalue weighted by molar-refractivity contribution is 7.13. The summed E-state index contributed by atoms with van der Waals surface area (Å²) in [6.07, 6.45) is 1.74. The van der Waals surface area contributed by atoms with Crippen molar-refractivity contribution in [3.05, 3.63) is 64.9 Å². The number of rotatable bonds is 3. The Labute approximate surface area is 176 Å². The molecule has 7 nitrogen and oxygen atoms in total. The van der Waals surface area contributed by atoms with Gasteiger partial charge in [0, 0.05) is 37.9 Å². The third-order valence-electron chi connectivity index (χ3n) is 5.28. The topological polar surface area (TPSA) is 66.6 Å². The monoisotopic (exact) mass is 422 g/mol. The van der Waals surface area contributed by atoms with Crippen LogP contribution in [0, 0.1) is 12.7 Å². The van der Waals surface area contributed by atoms with Gasteiger partial charge in [0.05, 0.1) is 10.6 Å². The molecule has 5 rings (SSSR count). The predicted octanol–water partition coefficient (Wildman–Crippen LogP) is 3.26. The van der Waals surface area contributed by atoms with Crippen molar-refractivity contribution in [2.75, 3.05) is 31.1 Å². The molecule has 0 bridgehead atoms. The minimum atomic E-state index is -0.398. The molecule has 1 aromatic carbocycles. The third-order valence-corrected chi connectivity index (χ3v) is 6.18.